The molecule has 0 saturated heterocycles. The van der Waals surface area contributed by atoms with Crippen LogP contribution in [0, 0.1) is 0 Å². The van der Waals surface area contributed by atoms with E-state index in [-0.39, 0.29) is 0 Å². The van der Waals surface area contributed by atoms with Crippen molar-refractivity contribution < 1.29 is 8.83 Å². The van der Waals surface area contributed by atoms with Crippen LogP contribution in [0.5, 0.6) is 0 Å². The van der Waals surface area contributed by atoms with Crippen molar-refractivity contribution >= 4 is 66.3 Å². The molecule has 0 bridgehead atoms. The zero-order valence-electron chi connectivity index (χ0n) is 39.0. The van der Waals surface area contributed by atoms with E-state index in [2.05, 4.69) is 224 Å². The van der Waals surface area contributed by atoms with Gasteiger partial charge in [0.25, 0.3) is 0 Å². The molecule has 11 aromatic carbocycles. The van der Waals surface area contributed by atoms with Crippen LogP contribution in [0.4, 0.5) is 0 Å². The van der Waals surface area contributed by atoms with Gasteiger partial charge in [-0.2, -0.15) is 0 Å². The maximum Gasteiger partial charge on any atom is 0.159 e. The molecule has 1 N–H and O–H groups in total. The molecule has 5 heteroatoms. The summed E-state index contributed by atoms with van der Waals surface area (Å²) in [6, 6.07) is 87.7. The third kappa shape index (κ3) is 7.26. The second kappa shape index (κ2) is 17.1. The lowest BCUT2D eigenvalue weighted by Crippen LogP contribution is -2.33. The number of aliphatic imine (C=N–C) groups is 2. The smallest absolute Gasteiger partial charge is 0.159 e. The van der Waals surface area contributed by atoms with Crippen molar-refractivity contribution in [1.29, 1.82) is 0 Å². The van der Waals surface area contributed by atoms with Gasteiger partial charge in [-0.3, -0.25) is 0 Å². The molecule has 0 saturated carbocycles. The molecular formula is C67H43N3O2. The summed E-state index contributed by atoms with van der Waals surface area (Å²) < 4.78 is 13.4. The number of nitrogens with zero attached hydrogens (tertiary/aromatic N) is 2. The predicted molar refractivity (Wildman–Crippen MR) is 298 cm³/mol. The molecule has 0 radical (unpaired) electrons. The predicted octanol–water partition coefficient (Wildman–Crippen LogP) is 17.5. The second-order valence-electron chi connectivity index (χ2n) is 18.5. The average Bonchev–Trinajstić information content (AvgIpc) is 4.03. The van der Waals surface area contributed by atoms with Crippen molar-refractivity contribution in [2.24, 2.45) is 9.98 Å². The van der Waals surface area contributed by atoms with E-state index in [0.29, 0.717) is 5.84 Å². The lowest BCUT2D eigenvalue weighted by atomic mass is 9.90. The Kier molecular flexibility index (Phi) is 9.85. The fraction of sp³-hybridized carbons (Fsp3) is 0.0149. The Bertz CT molecular complexity index is 4210. The Morgan fingerprint density at radius 3 is 1.58 bits per heavy atom. The van der Waals surface area contributed by atoms with Gasteiger partial charge in [-0.1, -0.05) is 200 Å². The van der Waals surface area contributed by atoms with E-state index in [9.17, 15) is 0 Å². The monoisotopic (exact) mass is 921 g/mol. The summed E-state index contributed by atoms with van der Waals surface area (Å²) in [7, 11) is 0. The van der Waals surface area contributed by atoms with Gasteiger partial charge in [-0.05, 0) is 109 Å². The van der Waals surface area contributed by atoms with Gasteiger partial charge in [0.2, 0.25) is 0 Å². The lowest BCUT2D eigenvalue weighted by molar-refractivity contribution is 0.662. The number of furan rings is 2. The number of nitrogens with one attached hydrogen (secondary N) is 1. The number of hydrogen-bond donors (Lipinski definition) is 1. The molecule has 5 nitrogen and oxygen atoms in total. The minimum Gasteiger partial charge on any atom is -0.456 e. The second-order valence-corrected chi connectivity index (χ2v) is 18.5. The molecule has 1 aliphatic rings. The third-order valence-electron chi connectivity index (χ3n) is 14.1. The highest BCUT2D eigenvalue weighted by atomic mass is 16.3. The van der Waals surface area contributed by atoms with Gasteiger partial charge in [-0.15, -0.1) is 0 Å². The Hall–Kier alpha value is -9.58. The van der Waals surface area contributed by atoms with Gasteiger partial charge in [0, 0.05) is 43.8 Å². The maximum absolute atomic E-state index is 7.06. The zero-order valence-corrected chi connectivity index (χ0v) is 39.0. The number of hydrogen-bond acceptors (Lipinski definition) is 5. The van der Waals surface area contributed by atoms with Crippen molar-refractivity contribution in [2.75, 3.05) is 0 Å². The molecule has 2 aromatic heterocycles. The highest BCUT2D eigenvalue weighted by Gasteiger charge is 2.26. The molecule has 1 atom stereocenters. The highest BCUT2D eigenvalue weighted by Crippen LogP contribution is 2.45. The molecule has 1 unspecified atom stereocenters. The van der Waals surface area contributed by atoms with Crippen molar-refractivity contribution in [3.63, 3.8) is 0 Å². The summed E-state index contributed by atoms with van der Waals surface area (Å²) in [6.07, 6.45) is -0.437. The lowest BCUT2D eigenvalue weighted by Gasteiger charge is -2.24. The molecule has 0 spiro atoms. The Labute approximate surface area is 415 Å². The summed E-state index contributed by atoms with van der Waals surface area (Å²) in [5, 5.41) is 10.3. The van der Waals surface area contributed by atoms with Crippen molar-refractivity contribution in [3.8, 4) is 55.6 Å². The molecular weight excluding hydrogens is 879 g/mol. The number of rotatable bonds is 8. The summed E-state index contributed by atoms with van der Waals surface area (Å²) in [6.45, 7) is 0. The van der Waals surface area contributed by atoms with Gasteiger partial charge in [-0.25, -0.2) is 9.98 Å². The Morgan fingerprint density at radius 1 is 0.333 bits per heavy atom. The van der Waals surface area contributed by atoms with E-state index in [1.807, 2.05) is 30.3 Å². The summed E-state index contributed by atoms with van der Waals surface area (Å²) >= 11 is 0. The van der Waals surface area contributed by atoms with E-state index in [0.717, 1.165) is 127 Å². The normalized spacial score (nSPS) is 13.7. The van der Waals surface area contributed by atoms with Crippen LogP contribution in [0.15, 0.2) is 268 Å². The molecule has 338 valence electrons. The number of fused-ring (bicyclic) bond motifs is 7. The van der Waals surface area contributed by atoms with Crippen LogP contribution in [0.25, 0.3) is 110 Å². The molecule has 14 rings (SSSR count). The zero-order chi connectivity index (χ0) is 47.5. The van der Waals surface area contributed by atoms with Crippen LogP contribution in [0.3, 0.4) is 0 Å². The fourth-order valence-electron chi connectivity index (χ4n) is 10.6. The van der Waals surface area contributed by atoms with Crippen molar-refractivity contribution in [3.05, 3.63) is 265 Å². The highest BCUT2D eigenvalue weighted by molar-refractivity contribution is 6.19. The van der Waals surface area contributed by atoms with Gasteiger partial charge in [0.05, 0.1) is 0 Å². The van der Waals surface area contributed by atoms with Crippen LogP contribution in [-0.2, 0) is 0 Å². The van der Waals surface area contributed by atoms with Gasteiger partial charge >= 0.3 is 0 Å². The summed E-state index contributed by atoms with van der Waals surface area (Å²) in [5.74, 6) is 1.39. The largest absolute Gasteiger partial charge is 0.456 e. The minimum atomic E-state index is -0.437. The first-order valence-electron chi connectivity index (χ1n) is 24.4. The molecule has 0 fully saturated rings. The molecule has 13 aromatic rings. The fourth-order valence-corrected chi connectivity index (χ4v) is 10.6. The average molecular weight is 922 g/mol. The first kappa shape index (κ1) is 41.4. The molecule has 0 aliphatic carbocycles. The van der Waals surface area contributed by atoms with E-state index in [1.165, 1.54) is 5.39 Å². The van der Waals surface area contributed by atoms with Crippen LogP contribution in [-0.4, -0.2) is 11.7 Å². The first-order valence-corrected chi connectivity index (χ1v) is 24.4. The van der Waals surface area contributed by atoms with E-state index in [4.69, 9.17) is 18.8 Å². The van der Waals surface area contributed by atoms with Crippen molar-refractivity contribution in [2.45, 2.75) is 6.17 Å². The van der Waals surface area contributed by atoms with E-state index >= 15 is 0 Å². The molecule has 72 heavy (non-hydrogen) atoms. The number of amidine groups is 2. The van der Waals surface area contributed by atoms with E-state index in [1.54, 1.807) is 0 Å². The topological polar surface area (TPSA) is 63.0 Å². The summed E-state index contributed by atoms with van der Waals surface area (Å²) in [4.78, 5) is 10.6. The van der Waals surface area contributed by atoms with E-state index < -0.39 is 6.17 Å². The van der Waals surface area contributed by atoms with Gasteiger partial charge < -0.3 is 14.2 Å². The standard InChI is InChI=1S/C67H43N3O2/c1-4-15-42(16-5-1)45-27-31-47(32-28-45)65-68-66(70-67(69-65)57-24-14-26-60-62(57)56-23-12-13-25-59(56)71-60)48-33-29-46(30-34-48)54-35-36-55(64-63(54)58-40-49-21-10-11-22-50(49)41-61(58)72-64)53-38-51(43-17-6-2-7-18-43)37-52(39-53)44-19-8-3-9-20-44/h1-41,67H,(H,68,69,70). The van der Waals surface area contributed by atoms with Crippen LogP contribution >= 0.6 is 0 Å². The van der Waals surface area contributed by atoms with Gasteiger partial charge in [0.15, 0.2) is 5.84 Å². The molecule has 0 amide bonds. The first-order chi connectivity index (χ1) is 35.6. The number of para-hydroxylation sites is 1. The van der Waals surface area contributed by atoms with Crippen LogP contribution in [0.2, 0.25) is 0 Å². The quantitative estimate of drug-likeness (QED) is 0.165. The SMILES string of the molecule is c1ccc(-c2ccc(C3=NC(c4cccc5oc6ccccc6c45)NC(c4ccc(-c5ccc(-c6cc(-c7ccccc7)cc(-c7ccccc7)c6)c6oc7cc8ccccc8cc7c56)cc4)=N3)cc2)cc1. The number of benzene rings is 11. The Balaban J connectivity index is 0.901. The molecule has 1 aliphatic heterocycles. The third-order valence-corrected chi connectivity index (χ3v) is 14.1. The summed E-state index contributed by atoms with van der Waals surface area (Å²) in [5.41, 5.74) is 17.5. The minimum absolute atomic E-state index is 0.437. The Morgan fingerprint density at radius 2 is 0.875 bits per heavy atom. The maximum atomic E-state index is 7.06. The van der Waals surface area contributed by atoms with Crippen molar-refractivity contribution in [1.82, 2.24) is 5.32 Å². The van der Waals surface area contributed by atoms with Crippen LogP contribution < -0.4 is 5.32 Å². The van der Waals surface area contributed by atoms with Gasteiger partial charge in [0.1, 0.15) is 34.3 Å². The molecule has 3 heterocycles. The van der Waals surface area contributed by atoms with Crippen LogP contribution in [0.1, 0.15) is 22.9 Å².